The van der Waals surface area contributed by atoms with Crippen molar-refractivity contribution in [3.63, 3.8) is 0 Å². The number of carbonyl (C=O) groups excluding carboxylic acids is 2. The topological polar surface area (TPSA) is 74.8 Å². The number of nitrogens with one attached hydrogen (secondary N) is 1. The highest BCUT2D eigenvalue weighted by molar-refractivity contribution is 5.94. The quantitative estimate of drug-likeness (QED) is 0.857. The second kappa shape index (κ2) is 8.84. The first-order valence-electron chi connectivity index (χ1n) is 9.35. The number of ether oxygens (including phenoxy) is 1. The fourth-order valence-corrected chi connectivity index (χ4v) is 3.20. The van der Waals surface area contributed by atoms with Crippen molar-refractivity contribution in [2.45, 2.75) is 13.8 Å². The Kier molecular flexibility index (Phi) is 6.26. The molecule has 1 aliphatic rings. The molecule has 0 saturated carbocycles. The number of methoxy groups -OCH3 is 1. The van der Waals surface area contributed by atoms with E-state index in [0.717, 1.165) is 16.8 Å². The minimum absolute atomic E-state index is 0.0344. The zero-order valence-corrected chi connectivity index (χ0v) is 16.6. The molecular formula is C21H26N4O3. The third kappa shape index (κ3) is 4.67. The summed E-state index contributed by atoms with van der Waals surface area (Å²) in [6.07, 6.45) is 1.53. The van der Waals surface area contributed by atoms with Gasteiger partial charge in [-0.3, -0.25) is 14.5 Å². The van der Waals surface area contributed by atoms with E-state index in [0.29, 0.717) is 44.2 Å². The molecule has 2 aromatic rings. The molecule has 0 atom stereocenters. The molecule has 3 rings (SSSR count). The van der Waals surface area contributed by atoms with E-state index >= 15 is 0 Å². The molecule has 0 unspecified atom stereocenters. The summed E-state index contributed by atoms with van der Waals surface area (Å²) in [5.74, 6) is 0.402. The van der Waals surface area contributed by atoms with Crippen LogP contribution in [0.1, 0.15) is 21.5 Å². The molecule has 7 nitrogen and oxygen atoms in total. The maximum Gasteiger partial charge on any atom is 0.255 e. The molecule has 2 amide bonds. The van der Waals surface area contributed by atoms with Crippen LogP contribution in [0.2, 0.25) is 0 Å². The van der Waals surface area contributed by atoms with Gasteiger partial charge in [-0.2, -0.15) is 0 Å². The van der Waals surface area contributed by atoms with Crippen molar-refractivity contribution < 1.29 is 14.3 Å². The minimum atomic E-state index is -0.0466. The lowest BCUT2D eigenvalue weighted by Crippen LogP contribution is -2.50. The zero-order valence-electron chi connectivity index (χ0n) is 16.6. The first-order valence-corrected chi connectivity index (χ1v) is 9.35. The van der Waals surface area contributed by atoms with E-state index < -0.39 is 0 Å². The van der Waals surface area contributed by atoms with Gasteiger partial charge in [0.1, 0.15) is 0 Å². The summed E-state index contributed by atoms with van der Waals surface area (Å²) in [5.41, 5.74) is 3.63. The number of anilines is 1. The Labute approximate surface area is 165 Å². The number of amides is 2. The van der Waals surface area contributed by atoms with Crippen LogP contribution < -0.4 is 10.1 Å². The lowest BCUT2D eigenvalue weighted by atomic mass is 10.1. The summed E-state index contributed by atoms with van der Waals surface area (Å²) in [6.45, 7) is 6.84. The predicted molar refractivity (Wildman–Crippen MR) is 108 cm³/mol. The van der Waals surface area contributed by atoms with E-state index in [4.69, 9.17) is 4.74 Å². The largest absolute Gasteiger partial charge is 0.481 e. The molecule has 1 aliphatic heterocycles. The second-order valence-electron chi connectivity index (χ2n) is 6.95. The van der Waals surface area contributed by atoms with Crippen molar-refractivity contribution in [2.75, 3.05) is 45.2 Å². The maximum atomic E-state index is 12.6. The number of nitrogens with zero attached hydrogens (tertiary/aromatic N) is 3. The number of hydrogen-bond donors (Lipinski definition) is 1. The molecule has 1 aromatic heterocycles. The van der Waals surface area contributed by atoms with Crippen LogP contribution in [0.5, 0.6) is 5.88 Å². The van der Waals surface area contributed by atoms with E-state index in [1.165, 1.54) is 6.20 Å². The zero-order chi connectivity index (χ0) is 20.1. The third-order valence-corrected chi connectivity index (χ3v) is 5.10. The molecule has 1 N–H and O–H groups in total. The Hall–Kier alpha value is -2.93. The number of aromatic nitrogens is 1. The predicted octanol–water partition coefficient (Wildman–Crippen LogP) is 2.10. The number of pyridine rings is 1. The molecular weight excluding hydrogens is 356 g/mol. The number of aryl methyl sites for hydroxylation is 1. The molecule has 0 bridgehead atoms. The van der Waals surface area contributed by atoms with Gasteiger partial charge in [0.15, 0.2) is 0 Å². The molecule has 2 heterocycles. The molecule has 28 heavy (non-hydrogen) atoms. The summed E-state index contributed by atoms with van der Waals surface area (Å²) in [4.78, 5) is 32.9. The molecule has 0 spiro atoms. The highest BCUT2D eigenvalue weighted by atomic mass is 16.5. The van der Waals surface area contributed by atoms with Gasteiger partial charge in [-0.25, -0.2) is 4.98 Å². The number of hydrogen-bond acceptors (Lipinski definition) is 5. The van der Waals surface area contributed by atoms with Gasteiger partial charge >= 0.3 is 0 Å². The number of rotatable bonds is 5. The second-order valence-corrected chi connectivity index (χ2v) is 6.95. The lowest BCUT2D eigenvalue weighted by Gasteiger charge is -2.34. The molecule has 1 fully saturated rings. The van der Waals surface area contributed by atoms with E-state index in [2.05, 4.69) is 15.2 Å². The Bertz CT molecular complexity index is 843. The van der Waals surface area contributed by atoms with E-state index in [1.807, 2.05) is 32.0 Å². The van der Waals surface area contributed by atoms with Crippen LogP contribution in [-0.2, 0) is 4.79 Å². The Morgan fingerprint density at radius 1 is 1.11 bits per heavy atom. The average Bonchev–Trinajstić information content (AvgIpc) is 2.71. The van der Waals surface area contributed by atoms with Crippen LogP contribution in [0.25, 0.3) is 0 Å². The molecule has 1 aromatic carbocycles. The van der Waals surface area contributed by atoms with Gasteiger partial charge in [-0.15, -0.1) is 0 Å². The Balaban J connectivity index is 1.50. The number of carbonyl (C=O) groups is 2. The summed E-state index contributed by atoms with van der Waals surface area (Å²) >= 11 is 0. The van der Waals surface area contributed by atoms with Crippen LogP contribution in [0.15, 0.2) is 36.5 Å². The number of piperazine rings is 1. The normalized spacial score (nSPS) is 14.6. The summed E-state index contributed by atoms with van der Waals surface area (Å²) < 4.78 is 5.02. The fraction of sp³-hybridized carbons (Fsp3) is 0.381. The van der Waals surface area contributed by atoms with Crippen molar-refractivity contribution in [2.24, 2.45) is 0 Å². The Morgan fingerprint density at radius 3 is 2.50 bits per heavy atom. The van der Waals surface area contributed by atoms with E-state index in [-0.39, 0.29) is 11.8 Å². The van der Waals surface area contributed by atoms with Crippen LogP contribution in [0, 0.1) is 13.8 Å². The smallest absolute Gasteiger partial charge is 0.255 e. The van der Waals surface area contributed by atoms with Crippen LogP contribution in [0.4, 0.5) is 5.69 Å². The maximum absolute atomic E-state index is 12.6. The summed E-state index contributed by atoms with van der Waals surface area (Å²) in [6, 6.07) is 9.29. The summed E-state index contributed by atoms with van der Waals surface area (Å²) in [5, 5.41) is 2.99. The van der Waals surface area contributed by atoms with Gasteiger partial charge in [0.2, 0.25) is 11.8 Å². The van der Waals surface area contributed by atoms with Gasteiger partial charge in [0.25, 0.3) is 5.91 Å². The van der Waals surface area contributed by atoms with Crippen LogP contribution in [-0.4, -0.2) is 66.4 Å². The average molecular weight is 382 g/mol. The standard InChI is InChI=1S/C21H26N4O3/c1-15-5-4-6-18(16(15)2)23-19(26)14-24-9-11-25(12-10-24)21(27)17-7-8-20(28-3)22-13-17/h4-8,13H,9-12,14H2,1-3H3,(H,23,26). The SMILES string of the molecule is COc1ccc(C(=O)N2CCN(CC(=O)Nc3cccc(C)c3C)CC2)cn1. The highest BCUT2D eigenvalue weighted by Gasteiger charge is 2.23. The first-order chi connectivity index (χ1) is 13.5. The van der Waals surface area contributed by atoms with Crippen LogP contribution in [0.3, 0.4) is 0 Å². The van der Waals surface area contributed by atoms with E-state index in [1.54, 1.807) is 24.1 Å². The molecule has 0 aliphatic carbocycles. The van der Waals surface area contributed by atoms with Gasteiger partial charge in [0, 0.05) is 44.1 Å². The van der Waals surface area contributed by atoms with Crippen molar-refractivity contribution in [1.82, 2.24) is 14.8 Å². The molecule has 1 saturated heterocycles. The Morgan fingerprint density at radius 2 is 1.86 bits per heavy atom. The van der Waals surface area contributed by atoms with Crippen molar-refractivity contribution in [1.29, 1.82) is 0 Å². The highest BCUT2D eigenvalue weighted by Crippen LogP contribution is 2.18. The molecule has 0 radical (unpaired) electrons. The third-order valence-electron chi connectivity index (χ3n) is 5.10. The fourth-order valence-electron chi connectivity index (χ4n) is 3.20. The minimum Gasteiger partial charge on any atom is -0.481 e. The van der Waals surface area contributed by atoms with Gasteiger partial charge in [-0.1, -0.05) is 12.1 Å². The van der Waals surface area contributed by atoms with Crippen molar-refractivity contribution in [3.05, 3.63) is 53.2 Å². The van der Waals surface area contributed by atoms with E-state index in [9.17, 15) is 9.59 Å². The summed E-state index contributed by atoms with van der Waals surface area (Å²) in [7, 11) is 1.54. The van der Waals surface area contributed by atoms with Gasteiger partial charge in [-0.05, 0) is 37.1 Å². The van der Waals surface area contributed by atoms with Crippen molar-refractivity contribution >= 4 is 17.5 Å². The number of benzene rings is 1. The van der Waals surface area contributed by atoms with Crippen LogP contribution >= 0.6 is 0 Å². The molecule has 148 valence electrons. The van der Waals surface area contributed by atoms with Gasteiger partial charge in [0.05, 0.1) is 19.2 Å². The lowest BCUT2D eigenvalue weighted by molar-refractivity contribution is -0.117. The van der Waals surface area contributed by atoms with Gasteiger partial charge < -0.3 is 15.0 Å². The monoisotopic (exact) mass is 382 g/mol. The van der Waals surface area contributed by atoms with Crippen molar-refractivity contribution in [3.8, 4) is 5.88 Å². The first kappa shape index (κ1) is 19.8. The molecule has 7 heteroatoms.